The van der Waals surface area contributed by atoms with Gasteiger partial charge in [0, 0.05) is 23.1 Å². The van der Waals surface area contributed by atoms with Crippen LogP contribution in [0.4, 0.5) is 35.1 Å². The van der Waals surface area contributed by atoms with Gasteiger partial charge in [-0.1, -0.05) is 38.3 Å². The summed E-state index contributed by atoms with van der Waals surface area (Å²) in [5.74, 6) is -1.75. The number of amides is 1. The summed E-state index contributed by atoms with van der Waals surface area (Å²) in [7, 11) is -4.59. The Bertz CT molecular complexity index is 1470. The van der Waals surface area contributed by atoms with E-state index in [1.807, 2.05) is 0 Å². The highest BCUT2D eigenvalue weighted by Crippen LogP contribution is 2.57. The Morgan fingerprint density at radius 1 is 0.905 bits per heavy atom. The standard InChI is InChI=1S/C28H27F8NO4S/c1-24(11-3-2-4-12-24)23(38)37-14-13-25(42(39,40)19-8-6-18(29)7-9-19)20-10-5-17(15-21(20)41-16-22(25)37)26(30,27(31,32)33)28(34,35)36/h5-10,15,22H,2-4,11-14,16H2,1H3. The number of benzene rings is 2. The number of ether oxygens (including phenoxy) is 1. The maximum Gasteiger partial charge on any atom is 0.435 e. The van der Waals surface area contributed by atoms with Crippen molar-refractivity contribution in [2.75, 3.05) is 13.2 Å². The summed E-state index contributed by atoms with van der Waals surface area (Å²) in [6, 6.07) is 3.74. The molecule has 14 heteroatoms. The van der Waals surface area contributed by atoms with Crippen LogP contribution in [-0.2, 0) is 25.0 Å². The Balaban J connectivity index is 1.69. The zero-order chi connectivity index (χ0) is 30.9. The average Bonchev–Trinajstić information content (AvgIpc) is 3.33. The van der Waals surface area contributed by atoms with Crippen LogP contribution in [0.5, 0.6) is 5.75 Å². The molecule has 1 aliphatic carbocycles. The molecule has 0 N–H and O–H groups in total. The molecule has 2 atom stereocenters. The van der Waals surface area contributed by atoms with Crippen molar-refractivity contribution in [3.8, 4) is 5.75 Å². The molecule has 0 spiro atoms. The number of likely N-dealkylation sites (tertiary alicyclic amines) is 1. The van der Waals surface area contributed by atoms with Crippen LogP contribution in [0.25, 0.3) is 0 Å². The minimum Gasteiger partial charge on any atom is -0.491 e. The van der Waals surface area contributed by atoms with Gasteiger partial charge in [-0.05, 0) is 49.6 Å². The molecular formula is C28H27F8NO4S. The van der Waals surface area contributed by atoms with E-state index < -0.39 is 67.8 Å². The maximum absolute atomic E-state index is 14.9. The Morgan fingerprint density at radius 2 is 1.50 bits per heavy atom. The molecule has 1 saturated heterocycles. The molecule has 230 valence electrons. The van der Waals surface area contributed by atoms with Crippen LogP contribution in [0.1, 0.15) is 56.6 Å². The van der Waals surface area contributed by atoms with Gasteiger partial charge in [0.15, 0.2) is 9.84 Å². The molecule has 5 nitrogen and oxygen atoms in total. The van der Waals surface area contributed by atoms with E-state index in [1.165, 1.54) is 4.90 Å². The highest BCUT2D eigenvalue weighted by molar-refractivity contribution is 7.92. The monoisotopic (exact) mass is 625 g/mol. The van der Waals surface area contributed by atoms with Gasteiger partial charge in [-0.3, -0.25) is 4.79 Å². The van der Waals surface area contributed by atoms with Crippen molar-refractivity contribution in [2.24, 2.45) is 5.41 Å². The van der Waals surface area contributed by atoms with Gasteiger partial charge in [0.05, 0.1) is 10.9 Å². The first-order valence-corrected chi connectivity index (χ1v) is 14.8. The van der Waals surface area contributed by atoms with Crippen molar-refractivity contribution in [1.82, 2.24) is 4.90 Å². The van der Waals surface area contributed by atoms with E-state index in [-0.39, 0.29) is 41.5 Å². The lowest BCUT2D eigenvalue weighted by atomic mass is 9.74. The van der Waals surface area contributed by atoms with E-state index in [4.69, 9.17) is 4.74 Å². The molecule has 3 aliphatic rings. The second-order valence-electron chi connectivity index (χ2n) is 11.4. The summed E-state index contributed by atoms with van der Waals surface area (Å²) in [6.45, 7) is 1.10. The highest BCUT2D eigenvalue weighted by atomic mass is 32.2. The van der Waals surface area contributed by atoms with Crippen LogP contribution < -0.4 is 4.74 Å². The topological polar surface area (TPSA) is 63.7 Å². The lowest BCUT2D eigenvalue weighted by Gasteiger charge is -2.44. The minimum absolute atomic E-state index is 0.0950. The third kappa shape index (κ3) is 4.29. The fourth-order valence-corrected chi connectivity index (χ4v) is 8.97. The van der Waals surface area contributed by atoms with E-state index in [9.17, 15) is 48.3 Å². The number of carbonyl (C=O) groups is 1. The number of carbonyl (C=O) groups excluding carboxylic acids is 1. The van der Waals surface area contributed by atoms with Gasteiger partial charge in [-0.25, -0.2) is 17.2 Å². The number of sulfone groups is 1. The predicted molar refractivity (Wildman–Crippen MR) is 133 cm³/mol. The molecular weight excluding hydrogens is 598 g/mol. The van der Waals surface area contributed by atoms with Crippen molar-refractivity contribution >= 4 is 15.7 Å². The van der Waals surface area contributed by atoms with Gasteiger partial charge in [0.2, 0.25) is 5.91 Å². The molecule has 2 aliphatic heterocycles. The molecule has 2 aromatic carbocycles. The van der Waals surface area contributed by atoms with E-state index in [0.29, 0.717) is 18.9 Å². The SMILES string of the molecule is CC1(C(=O)N2CCC3(S(=O)(=O)c4ccc(F)cc4)c4ccc(C(F)(C(F)(F)F)C(F)(F)F)cc4OCC23)CCCCC1. The Morgan fingerprint density at radius 3 is 2.07 bits per heavy atom. The highest BCUT2D eigenvalue weighted by Gasteiger charge is 2.74. The summed E-state index contributed by atoms with van der Waals surface area (Å²) in [4.78, 5) is 14.9. The number of hydrogen-bond acceptors (Lipinski definition) is 4. The molecule has 2 heterocycles. The van der Waals surface area contributed by atoms with Crippen molar-refractivity contribution in [1.29, 1.82) is 0 Å². The first-order valence-electron chi connectivity index (χ1n) is 13.3. The molecule has 2 aromatic rings. The van der Waals surface area contributed by atoms with E-state index in [0.717, 1.165) is 43.5 Å². The number of alkyl halides is 7. The zero-order valence-electron chi connectivity index (χ0n) is 22.3. The molecule has 2 unspecified atom stereocenters. The third-order valence-corrected chi connectivity index (χ3v) is 11.5. The maximum atomic E-state index is 14.9. The second kappa shape index (κ2) is 9.81. The number of hydrogen-bond donors (Lipinski definition) is 0. The zero-order valence-corrected chi connectivity index (χ0v) is 23.1. The summed E-state index contributed by atoms with van der Waals surface area (Å²) >= 11 is 0. The van der Waals surface area contributed by atoms with Gasteiger partial charge >= 0.3 is 18.0 Å². The molecule has 2 fully saturated rings. The van der Waals surface area contributed by atoms with Crippen LogP contribution in [0.3, 0.4) is 0 Å². The first-order chi connectivity index (χ1) is 19.4. The van der Waals surface area contributed by atoms with Crippen molar-refractivity contribution < 1.29 is 53.1 Å². The molecule has 42 heavy (non-hydrogen) atoms. The summed E-state index contributed by atoms with van der Waals surface area (Å²) < 4.78 is 142. The normalized spacial score (nSPS) is 24.5. The smallest absolute Gasteiger partial charge is 0.435 e. The third-order valence-electron chi connectivity index (χ3n) is 8.99. The molecule has 0 radical (unpaired) electrons. The predicted octanol–water partition coefficient (Wildman–Crippen LogP) is 6.75. The Labute approximate surface area is 236 Å². The van der Waals surface area contributed by atoms with Crippen LogP contribution in [0, 0.1) is 11.2 Å². The fraction of sp³-hybridized carbons (Fsp3) is 0.536. The van der Waals surface area contributed by atoms with Crippen LogP contribution >= 0.6 is 0 Å². The average molecular weight is 626 g/mol. The number of nitrogens with zero attached hydrogens (tertiary/aromatic N) is 1. The quantitative estimate of drug-likeness (QED) is 0.279. The number of rotatable bonds is 4. The second-order valence-corrected chi connectivity index (χ2v) is 13.6. The molecule has 1 amide bonds. The number of halogens is 8. The van der Waals surface area contributed by atoms with Crippen molar-refractivity contribution in [3.05, 3.63) is 59.4 Å². The van der Waals surface area contributed by atoms with E-state index in [2.05, 4.69) is 0 Å². The fourth-order valence-electron chi connectivity index (χ4n) is 6.68. The summed E-state index contributed by atoms with van der Waals surface area (Å²) in [5.41, 5.74) is -8.69. The summed E-state index contributed by atoms with van der Waals surface area (Å²) in [5, 5.41) is 0. The summed E-state index contributed by atoms with van der Waals surface area (Å²) in [6.07, 6.45) is -9.44. The number of fused-ring (bicyclic) bond motifs is 3. The van der Waals surface area contributed by atoms with Crippen LogP contribution in [0.15, 0.2) is 47.4 Å². The molecule has 1 saturated carbocycles. The van der Waals surface area contributed by atoms with Gasteiger partial charge in [0.1, 0.15) is 22.9 Å². The van der Waals surface area contributed by atoms with Gasteiger partial charge in [0.25, 0.3) is 0 Å². The van der Waals surface area contributed by atoms with E-state index >= 15 is 0 Å². The molecule has 0 bridgehead atoms. The van der Waals surface area contributed by atoms with Crippen molar-refractivity contribution in [2.45, 2.75) is 79.2 Å². The van der Waals surface area contributed by atoms with E-state index in [1.54, 1.807) is 6.92 Å². The lowest BCUT2D eigenvalue weighted by molar-refractivity contribution is -0.348. The lowest BCUT2D eigenvalue weighted by Crippen LogP contribution is -2.57. The van der Waals surface area contributed by atoms with Crippen molar-refractivity contribution in [3.63, 3.8) is 0 Å². The largest absolute Gasteiger partial charge is 0.491 e. The van der Waals surface area contributed by atoms with Crippen LogP contribution in [-0.4, -0.2) is 50.8 Å². The van der Waals surface area contributed by atoms with Gasteiger partial charge in [-0.2, -0.15) is 26.3 Å². The minimum atomic E-state index is -6.39. The molecule has 5 rings (SSSR count). The molecule has 0 aromatic heterocycles. The first kappa shape index (κ1) is 30.6. The van der Waals surface area contributed by atoms with Crippen LogP contribution in [0.2, 0.25) is 0 Å². The van der Waals surface area contributed by atoms with Gasteiger partial charge < -0.3 is 9.64 Å². The van der Waals surface area contributed by atoms with Gasteiger partial charge in [-0.15, -0.1) is 0 Å². The Hall–Kier alpha value is -2.90. The Kier molecular flexibility index (Phi) is 7.14.